The van der Waals surface area contributed by atoms with Crippen molar-refractivity contribution in [3.8, 4) is 0 Å². The van der Waals surface area contributed by atoms with Crippen molar-refractivity contribution < 1.29 is 14.3 Å². The Hall–Kier alpha value is -1.61. The average Bonchev–Trinajstić information content (AvgIpc) is 2.55. The summed E-state index contributed by atoms with van der Waals surface area (Å²) in [6, 6.07) is 9.79. The predicted molar refractivity (Wildman–Crippen MR) is 81.6 cm³/mol. The Morgan fingerprint density at radius 1 is 1.24 bits per heavy atom. The van der Waals surface area contributed by atoms with Crippen molar-refractivity contribution in [2.75, 3.05) is 7.11 Å². The van der Waals surface area contributed by atoms with Crippen molar-refractivity contribution in [1.82, 2.24) is 0 Å². The number of carbonyl (C=O) groups excluding carboxylic acids is 1. The molecule has 1 aliphatic carbocycles. The number of carbonyl (C=O) groups is 1. The summed E-state index contributed by atoms with van der Waals surface area (Å²) < 4.78 is 11.5. The van der Waals surface area contributed by atoms with Gasteiger partial charge >= 0.3 is 0 Å². The van der Waals surface area contributed by atoms with Gasteiger partial charge in [0.05, 0.1) is 23.9 Å². The van der Waals surface area contributed by atoms with Gasteiger partial charge in [0.2, 0.25) is 0 Å². The Morgan fingerprint density at radius 3 is 2.67 bits per heavy atom. The van der Waals surface area contributed by atoms with Crippen LogP contribution < -0.4 is 0 Å². The van der Waals surface area contributed by atoms with Crippen molar-refractivity contribution in [1.29, 1.82) is 0 Å². The van der Waals surface area contributed by atoms with Crippen molar-refractivity contribution in [2.24, 2.45) is 11.8 Å². The molecule has 0 radical (unpaired) electrons. The first-order valence-electron chi connectivity index (χ1n) is 7.72. The quantitative estimate of drug-likeness (QED) is 0.853. The highest BCUT2D eigenvalue weighted by Crippen LogP contribution is 2.40. The summed E-state index contributed by atoms with van der Waals surface area (Å²) in [4.78, 5) is 12.8. The second kappa shape index (κ2) is 6.02. The standard InChI is InChI=1S/C18H22O3/c1-3-12-9-14-17(10-16(12)20-2)21-11-15(18(14)19)13-7-5-4-6-8-13/h4-8,11-12,14,16-17H,3,9-10H2,1-2H3. The summed E-state index contributed by atoms with van der Waals surface area (Å²) in [6.07, 6.45) is 4.54. The molecule has 0 bridgehead atoms. The van der Waals surface area contributed by atoms with Crippen LogP contribution in [-0.4, -0.2) is 25.1 Å². The van der Waals surface area contributed by atoms with E-state index in [0.717, 1.165) is 24.8 Å². The zero-order valence-corrected chi connectivity index (χ0v) is 12.6. The number of Topliss-reactive ketones (excluding diaryl/α,β-unsaturated/α-hetero) is 1. The predicted octanol–water partition coefficient (Wildman–Crippen LogP) is 3.45. The molecule has 3 rings (SSSR count). The van der Waals surface area contributed by atoms with Gasteiger partial charge in [0, 0.05) is 13.5 Å². The number of ether oxygens (including phenoxy) is 2. The van der Waals surface area contributed by atoms with E-state index in [-0.39, 0.29) is 23.9 Å². The number of hydrogen-bond acceptors (Lipinski definition) is 3. The van der Waals surface area contributed by atoms with Gasteiger partial charge in [-0.1, -0.05) is 43.7 Å². The SMILES string of the molecule is CCC1CC2C(=O)C(c3ccccc3)=COC2CC1OC. The summed E-state index contributed by atoms with van der Waals surface area (Å²) >= 11 is 0. The van der Waals surface area contributed by atoms with Gasteiger partial charge in [-0.3, -0.25) is 4.79 Å². The molecule has 112 valence electrons. The zero-order chi connectivity index (χ0) is 14.8. The van der Waals surface area contributed by atoms with Crippen molar-refractivity contribution in [3.63, 3.8) is 0 Å². The largest absolute Gasteiger partial charge is 0.496 e. The minimum absolute atomic E-state index is 0.0263. The number of fused-ring (bicyclic) bond motifs is 1. The summed E-state index contributed by atoms with van der Waals surface area (Å²) in [5.74, 6) is 0.644. The maximum absolute atomic E-state index is 12.8. The second-order valence-corrected chi connectivity index (χ2v) is 5.96. The molecule has 0 spiro atoms. The van der Waals surface area contributed by atoms with E-state index < -0.39 is 0 Å². The lowest BCUT2D eigenvalue weighted by Gasteiger charge is -2.41. The Balaban J connectivity index is 1.85. The van der Waals surface area contributed by atoms with Gasteiger partial charge in [-0.15, -0.1) is 0 Å². The van der Waals surface area contributed by atoms with Gasteiger partial charge in [0.25, 0.3) is 0 Å². The van der Waals surface area contributed by atoms with Crippen LogP contribution in [0.3, 0.4) is 0 Å². The van der Waals surface area contributed by atoms with Gasteiger partial charge in [0.15, 0.2) is 5.78 Å². The first kappa shape index (κ1) is 14.3. The number of rotatable bonds is 3. The Morgan fingerprint density at radius 2 is 2.00 bits per heavy atom. The Kier molecular flexibility index (Phi) is 4.11. The second-order valence-electron chi connectivity index (χ2n) is 5.96. The van der Waals surface area contributed by atoms with Gasteiger partial charge in [-0.2, -0.15) is 0 Å². The highest BCUT2D eigenvalue weighted by atomic mass is 16.5. The minimum Gasteiger partial charge on any atom is -0.496 e. The lowest BCUT2D eigenvalue weighted by Crippen LogP contribution is -2.45. The van der Waals surface area contributed by atoms with Crippen LogP contribution in [0.2, 0.25) is 0 Å². The first-order chi connectivity index (χ1) is 10.2. The van der Waals surface area contributed by atoms with Gasteiger partial charge in [0.1, 0.15) is 6.10 Å². The maximum Gasteiger partial charge on any atom is 0.173 e. The van der Waals surface area contributed by atoms with E-state index in [0.29, 0.717) is 11.5 Å². The molecule has 21 heavy (non-hydrogen) atoms. The van der Waals surface area contributed by atoms with Gasteiger partial charge in [-0.25, -0.2) is 0 Å². The fraction of sp³-hybridized carbons (Fsp3) is 0.500. The number of methoxy groups -OCH3 is 1. The van der Waals surface area contributed by atoms with E-state index in [4.69, 9.17) is 9.47 Å². The highest BCUT2D eigenvalue weighted by Gasteiger charge is 2.44. The average molecular weight is 286 g/mol. The third-order valence-electron chi connectivity index (χ3n) is 4.87. The molecule has 3 nitrogen and oxygen atoms in total. The van der Waals surface area contributed by atoms with E-state index in [1.165, 1.54) is 0 Å². The maximum atomic E-state index is 12.8. The minimum atomic E-state index is -0.0299. The van der Waals surface area contributed by atoms with Crippen LogP contribution in [0.1, 0.15) is 31.7 Å². The van der Waals surface area contributed by atoms with Crippen LogP contribution >= 0.6 is 0 Å². The van der Waals surface area contributed by atoms with Crippen LogP contribution in [0.15, 0.2) is 36.6 Å². The monoisotopic (exact) mass is 286 g/mol. The fourth-order valence-electron chi connectivity index (χ4n) is 3.60. The molecule has 4 unspecified atom stereocenters. The van der Waals surface area contributed by atoms with E-state index in [1.54, 1.807) is 13.4 Å². The number of benzene rings is 1. The van der Waals surface area contributed by atoms with Crippen LogP contribution in [0.25, 0.3) is 5.57 Å². The van der Waals surface area contributed by atoms with Crippen molar-refractivity contribution in [3.05, 3.63) is 42.2 Å². The lowest BCUT2D eigenvalue weighted by atomic mass is 9.72. The summed E-state index contributed by atoms with van der Waals surface area (Å²) in [6.45, 7) is 2.17. The Bertz CT molecular complexity index is 535. The van der Waals surface area contributed by atoms with Crippen LogP contribution in [0.4, 0.5) is 0 Å². The summed E-state index contributed by atoms with van der Waals surface area (Å²) in [5.41, 5.74) is 1.66. The number of hydrogen-bond donors (Lipinski definition) is 0. The molecule has 0 amide bonds. The van der Waals surface area contributed by atoms with Crippen LogP contribution in [-0.2, 0) is 14.3 Å². The normalized spacial score (nSPS) is 32.1. The number of ketones is 1. The molecule has 1 fully saturated rings. The molecule has 0 N–H and O–H groups in total. The Labute approximate surface area is 125 Å². The molecule has 0 aromatic heterocycles. The van der Waals surface area contributed by atoms with Crippen molar-refractivity contribution >= 4 is 11.4 Å². The van der Waals surface area contributed by atoms with E-state index >= 15 is 0 Å². The molecule has 4 atom stereocenters. The third-order valence-corrected chi connectivity index (χ3v) is 4.87. The van der Waals surface area contributed by atoms with E-state index in [9.17, 15) is 4.79 Å². The molecule has 1 aromatic rings. The molecule has 1 aliphatic heterocycles. The van der Waals surface area contributed by atoms with Crippen LogP contribution in [0.5, 0.6) is 0 Å². The molecular weight excluding hydrogens is 264 g/mol. The van der Waals surface area contributed by atoms with Crippen LogP contribution in [0, 0.1) is 11.8 Å². The molecule has 2 aliphatic rings. The zero-order valence-electron chi connectivity index (χ0n) is 12.6. The molecule has 1 heterocycles. The van der Waals surface area contributed by atoms with E-state index in [1.807, 2.05) is 30.3 Å². The van der Waals surface area contributed by atoms with E-state index in [2.05, 4.69) is 6.92 Å². The molecule has 0 saturated heterocycles. The lowest BCUT2D eigenvalue weighted by molar-refractivity contribution is -0.130. The summed E-state index contributed by atoms with van der Waals surface area (Å²) in [5, 5.41) is 0. The number of allylic oxidation sites excluding steroid dienone is 1. The molecule has 3 heteroatoms. The highest BCUT2D eigenvalue weighted by molar-refractivity contribution is 6.22. The molecular formula is C18H22O3. The molecule has 1 aromatic carbocycles. The summed E-state index contributed by atoms with van der Waals surface area (Å²) in [7, 11) is 1.75. The van der Waals surface area contributed by atoms with Gasteiger partial charge < -0.3 is 9.47 Å². The topological polar surface area (TPSA) is 35.5 Å². The van der Waals surface area contributed by atoms with Gasteiger partial charge in [-0.05, 0) is 17.9 Å². The smallest absolute Gasteiger partial charge is 0.173 e. The van der Waals surface area contributed by atoms with Crippen molar-refractivity contribution in [2.45, 2.75) is 38.4 Å². The third kappa shape index (κ3) is 2.62. The fourth-order valence-corrected chi connectivity index (χ4v) is 3.60. The molecule has 1 saturated carbocycles. The first-order valence-corrected chi connectivity index (χ1v) is 7.72.